The average Bonchev–Trinajstić information content (AvgIpc) is 2.60. The van der Waals surface area contributed by atoms with Gasteiger partial charge in [0, 0.05) is 31.9 Å². The van der Waals surface area contributed by atoms with Crippen molar-refractivity contribution < 1.29 is 8.42 Å². The molecule has 1 aliphatic heterocycles. The van der Waals surface area contributed by atoms with Gasteiger partial charge in [0.1, 0.15) is 5.82 Å². The lowest BCUT2D eigenvalue weighted by Gasteiger charge is -2.23. The summed E-state index contributed by atoms with van der Waals surface area (Å²) < 4.78 is 26.5. The van der Waals surface area contributed by atoms with Gasteiger partial charge < -0.3 is 4.57 Å². The molecular formula is C9H15N3O2S. The molecule has 1 aliphatic rings. The highest BCUT2D eigenvalue weighted by Crippen LogP contribution is 2.18. The second-order valence-corrected chi connectivity index (χ2v) is 5.85. The number of nitrogens with zero attached hydrogens (tertiary/aromatic N) is 2. The minimum Gasteiger partial charge on any atom is -0.335 e. The molecule has 0 fully saturated rings. The standard InChI is InChI=1S/C9H15N3O2S/c1-15(13,14)11-7-8-2-4-12-5-3-10-9(12)6-8/h3,5,8,11H,2,4,6-7H2,1H3/t8-/m0/s1. The zero-order valence-electron chi connectivity index (χ0n) is 8.68. The maximum absolute atomic E-state index is 10.9. The molecular weight excluding hydrogens is 214 g/mol. The first-order valence-corrected chi connectivity index (χ1v) is 6.88. The first kappa shape index (κ1) is 10.6. The molecule has 0 saturated heterocycles. The highest BCUT2D eigenvalue weighted by Gasteiger charge is 2.19. The number of rotatable bonds is 3. The third-order valence-corrected chi connectivity index (χ3v) is 3.38. The molecule has 0 radical (unpaired) electrons. The summed E-state index contributed by atoms with van der Waals surface area (Å²) >= 11 is 0. The first-order chi connectivity index (χ1) is 7.04. The molecule has 5 nitrogen and oxygen atoms in total. The largest absolute Gasteiger partial charge is 0.335 e. The van der Waals surface area contributed by atoms with Gasteiger partial charge in [0.15, 0.2) is 0 Å². The van der Waals surface area contributed by atoms with E-state index in [1.165, 1.54) is 6.26 Å². The zero-order valence-corrected chi connectivity index (χ0v) is 9.50. The molecule has 0 aromatic carbocycles. The van der Waals surface area contributed by atoms with Crippen LogP contribution in [-0.2, 0) is 23.0 Å². The summed E-state index contributed by atoms with van der Waals surface area (Å²) in [4.78, 5) is 4.24. The molecule has 0 amide bonds. The van der Waals surface area contributed by atoms with Crippen LogP contribution in [-0.4, -0.2) is 30.8 Å². The normalized spacial score (nSPS) is 21.3. The van der Waals surface area contributed by atoms with E-state index in [1.807, 2.05) is 6.20 Å². The molecule has 0 aliphatic carbocycles. The van der Waals surface area contributed by atoms with Crippen molar-refractivity contribution in [3.63, 3.8) is 0 Å². The Bertz CT molecular complexity index is 438. The number of hydrogen-bond donors (Lipinski definition) is 1. The van der Waals surface area contributed by atoms with Crippen molar-refractivity contribution in [2.45, 2.75) is 19.4 Å². The van der Waals surface area contributed by atoms with Gasteiger partial charge in [-0.2, -0.15) is 0 Å². The summed E-state index contributed by atoms with van der Waals surface area (Å²) in [5.74, 6) is 1.43. The number of imidazole rings is 1. The Morgan fingerprint density at radius 1 is 1.67 bits per heavy atom. The fourth-order valence-corrected chi connectivity index (χ4v) is 2.40. The van der Waals surface area contributed by atoms with E-state index in [0.29, 0.717) is 12.5 Å². The minimum absolute atomic E-state index is 0.370. The molecule has 0 unspecified atom stereocenters. The summed E-state index contributed by atoms with van der Waals surface area (Å²) in [6.07, 6.45) is 6.81. The second kappa shape index (κ2) is 3.94. The molecule has 0 saturated carbocycles. The third-order valence-electron chi connectivity index (χ3n) is 2.69. The van der Waals surface area contributed by atoms with Crippen molar-refractivity contribution in [3.05, 3.63) is 18.2 Å². The maximum Gasteiger partial charge on any atom is 0.208 e. The van der Waals surface area contributed by atoms with Crippen LogP contribution in [0.25, 0.3) is 0 Å². The van der Waals surface area contributed by atoms with Crippen LogP contribution in [0.2, 0.25) is 0 Å². The second-order valence-electron chi connectivity index (χ2n) is 4.02. The predicted molar refractivity (Wildman–Crippen MR) is 56.9 cm³/mol. The van der Waals surface area contributed by atoms with Crippen LogP contribution in [0.1, 0.15) is 12.2 Å². The molecule has 84 valence electrons. The van der Waals surface area contributed by atoms with E-state index in [0.717, 1.165) is 25.2 Å². The Hall–Kier alpha value is -0.880. The van der Waals surface area contributed by atoms with Gasteiger partial charge in [0.2, 0.25) is 10.0 Å². The molecule has 15 heavy (non-hydrogen) atoms. The zero-order chi connectivity index (χ0) is 10.9. The summed E-state index contributed by atoms with van der Waals surface area (Å²) in [6.45, 7) is 1.46. The minimum atomic E-state index is -3.06. The Labute approximate surface area is 89.6 Å². The van der Waals surface area contributed by atoms with Gasteiger partial charge >= 0.3 is 0 Å². The van der Waals surface area contributed by atoms with Crippen LogP contribution in [0, 0.1) is 5.92 Å². The lowest BCUT2D eigenvalue weighted by molar-refractivity contribution is 0.380. The van der Waals surface area contributed by atoms with E-state index < -0.39 is 10.0 Å². The average molecular weight is 229 g/mol. The van der Waals surface area contributed by atoms with Crippen LogP contribution in [0.15, 0.2) is 12.4 Å². The van der Waals surface area contributed by atoms with Gasteiger partial charge in [0.05, 0.1) is 6.26 Å². The number of aromatic nitrogens is 2. The monoisotopic (exact) mass is 229 g/mol. The number of nitrogens with one attached hydrogen (secondary N) is 1. The van der Waals surface area contributed by atoms with Crippen LogP contribution in [0.5, 0.6) is 0 Å². The molecule has 1 aromatic rings. The predicted octanol–water partition coefficient (Wildman–Crippen LogP) is -0.00530. The lowest BCUT2D eigenvalue weighted by atomic mass is 9.98. The Kier molecular flexibility index (Phi) is 2.79. The molecule has 2 heterocycles. The number of hydrogen-bond acceptors (Lipinski definition) is 3. The van der Waals surface area contributed by atoms with Gasteiger partial charge in [-0.05, 0) is 12.3 Å². The highest BCUT2D eigenvalue weighted by molar-refractivity contribution is 7.88. The number of sulfonamides is 1. The lowest BCUT2D eigenvalue weighted by Crippen LogP contribution is -2.32. The van der Waals surface area contributed by atoms with E-state index >= 15 is 0 Å². The Balaban J connectivity index is 1.93. The molecule has 1 aromatic heterocycles. The van der Waals surface area contributed by atoms with Gasteiger partial charge in [-0.25, -0.2) is 18.1 Å². The fraction of sp³-hybridized carbons (Fsp3) is 0.667. The highest BCUT2D eigenvalue weighted by atomic mass is 32.2. The molecule has 0 bridgehead atoms. The van der Waals surface area contributed by atoms with Crippen molar-refractivity contribution in [2.75, 3.05) is 12.8 Å². The van der Waals surface area contributed by atoms with E-state index in [2.05, 4.69) is 14.3 Å². The molecule has 2 rings (SSSR count). The van der Waals surface area contributed by atoms with Crippen LogP contribution in [0.4, 0.5) is 0 Å². The Morgan fingerprint density at radius 2 is 2.47 bits per heavy atom. The first-order valence-electron chi connectivity index (χ1n) is 4.99. The third kappa shape index (κ3) is 2.79. The van der Waals surface area contributed by atoms with E-state index in [-0.39, 0.29) is 0 Å². The van der Waals surface area contributed by atoms with Gasteiger partial charge in [-0.3, -0.25) is 0 Å². The quantitative estimate of drug-likeness (QED) is 0.793. The van der Waals surface area contributed by atoms with Crippen molar-refractivity contribution in [1.29, 1.82) is 0 Å². The van der Waals surface area contributed by atoms with Crippen LogP contribution < -0.4 is 4.72 Å². The van der Waals surface area contributed by atoms with Gasteiger partial charge in [-0.15, -0.1) is 0 Å². The van der Waals surface area contributed by atoms with Gasteiger partial charge in [0.25, 0.3) is 0 Å². The summed E-state index contributed by atoms with van der Waals surface area (Å²) in [5, 5.41) is 0. The van der Waals surface area contributed by atoms with Crippen LogP contribution >= 0.6 is 0 Å². The van der Waals surface area contributed by atoms with Gasteiger partial charge in [-0.1, -0.05) is 0 Å². The Morgan fingerprint density at radius 3 is 3.20 bits per heavy atom. The van der Waals surface area contributed by atoms with E-state index in [9.17, 15) is 8.42 Å². The molecule has 1 atom stereocenters. The summed E-state index contributed by atoms with van der Waals surface area (Å²) in [5.41, 5.74) is 0. The molecule has 6 heteroatoms. The van der Waals surface area contributed by atoms with E-state index in [4.69, 9.17) is 0 Å². The maximum atomic E-state index is 10.9. The smallest absolute Gasteiger partial charge is 0.208 e. The number of fused-ring (bicyclic) bond motifs is 1. The van der Waals surface area contributed by atoms with E-state index in [1.54, 1.807) is 6.20 Å². The van der Waals surface area contributed by atoms with Crippen molar-refractivity contribution >= 4 is 10.0 Å². The van der Waals surface area contributed by atoms with Crippen molar-refractivity contribution in [3.8, 4) is 0 Å². The van der Waals surface area contributed by atoms with Crippen LogP contribution in [0.3, 0.4) is 0 Å². The molecule has 1 N–H and O–H groups in total. The summed E-state index contributed by atoms with van der Waals surface area (Å²) in [7, 11) is -3.06. The SMILES string of the molecule is CS(=O)(=O)NC[C@H]1CCn2ccnc2C1. The summed E-state index contributed by atoms with van der Waals surface area (Å²) in [6, 6.07) is 0. The fourth-order valence-electron chi connectivity index (χ4n) is 1.86. The topological polar surface area (TPSA) is 64.0 Å². The van der Waals surface area contributed by atoms with Crippen molar-refractivity contribution in [2.24, 2.45) is 5.92 Å². The molecule has 0 spiro atoms. The number of aryl methyl sites for hydroxylation is 1. The van der Waals surface area contributed by atoms with Crippen molar-refractivity contribution in [1.82, 2.24) is 14.3 Å².